The monoisotopic (exact) mass is 260 g/mol. The molecule has 0 aromatic heterocycles. The van der Waals surface area contributed by atoms with Crippen LogP contribution in [0.2, 0.25) is 0 Å². The fourth-order valence-corrected chi connectivity index (χ4v) is 1.89. The lowest BCUT2D eigenvalue weighted by Crippen LogP contribution is -2.42. The van der Waals surface area contributed by atoms with Crippen LogP contribution in [0.5, 0.6) is 0 Å². The van der Waals surface area contributed by atoms with E-state index >= 15 is 0 Å². The number of hydrogen-bond donors (Lipinski definition) is 0. The SMILES string of the molecule is COC(=O)[C@@H](C)[C@H](OC(C)=O)[C@H]1COC(C)(C)O1. The van der Waals surface area contributed by atoms with Crippen molar-refractivity contribution in [2.75, 3.05) is 13.7 Å². The van der Waals surface area contributed by atoms with Crippen LogP contribution >= 0.6 is 0 Å². The number of rotatable bonds is 4. The van der Waals surface area contributed by atoms with Crippen LogP contribution in [0, 0.1) is 5.92 Å². The smallest absolute Gasteiger partial charge is 0.312 e. The highest BCUT2D eigenvalue weighted by atomic mass is 16.8. The predicted molar refractivity (Wildman–Crippen MR) is 61.6 cm³/mol. The van der Waals surface area contributed by atoms with E-state index in [2.05, 4.69) is 4.74 Å². The van der Waals surface area contributed by atoms with E-state index < -0.39 is 35.9 Å². The Labute approximate surface area is 107 Å². The standard InChI is InChI=1S/C12H20O6/c1-7(11(14)15-5)10(17-8(2)13)9-6-16-12(3,4)18-9/h7,9-10H,6H2,1-5H3/t7-,9+,10-/m0/s1. The molecule has 6 nitrogen and oxygen atoms in total. The Morgan fingerprint density at radius 2 is 2.00 bits per heavy atom. The van der Waals surface area contributed by atoms with E-state index in [1.807, 2.05) is 0 Å². The Hall–Kier alpha value is -1.14. The van der Waals surface area contributed by atoms with Crippen LogP contribution in [0.15, 0.2) is 0 Å². The van der Waals surface area contributed by atoms with Crippen molar-refractivity contribution in [3.8, 4) is 0 Å². The van der Waals surface area contributed by atoms with Gasteiger partial charge in [-0.15, -0.1) is 0 Å². The molecule has 1 fully saturated rings. The van der Waals surface area contributed by atoms with Crippen molar-refractivity contribution >= 4 is 11.9 Å². The summed E-state index contributed by atoms with van der Waals surface area (Å²) in [5, 5.41) is 0. The highest BCUT2D eigenvalue weighted by Crippen LogP contribution is 2.28. The Morgan fingerprint density at radius 3 is 2.39 bits per heavy atom. The predicted octanol–water partition coefficient (Wildman–Crippen LogP) is 0.879. The number of ether oxygens (including phenoxy) is 4. The second-order valence-electron chi connectivity index (χ2n) is 4.75. The highest BCUT2D eigenvalue weighted by Gasteiger charge is 2.43. The summed E-state index contributed by atoms with van der Waals surface area (Å²) in [6.45, 7) is 6.72. The molecule has 0 unspecified atom stereocenters. The zero-order chi connectivity index (χ0) is 13.9. The summed E-state index contributed by atoms with van der Waals surface area (Å²) in [5.41, 5.74) is 0. The van der Waals surface area contributed by atoms with Gasteiger partial charge in [-0.2, -0.15) is 0 Å². The molecule has 1 heterocycles. The minimum atomic E-state index is -0.737. The molecule has 0 radical (unpaired) electrons. The van der Waals surface area contributed by atoms with E-state index in [0.29, 0.717) is 0 Å². The zero-order valence-corrected chi connectivity index (χ0v) is 11.4. The molecule has 104 valence electrons. The van der Waals surface area contributed by atoms with Crippen molar-refractivity contribution in [2.45, 2.75) is 45.7 Å². The van der Waals surface area contributed by atoms with Gasteiger partial charge in [-0.25, -0.2) is 0 Å². The van der Waals surface area contributed by atoms with Gasteiger partial charge in [-0.1, -0.05) is 0 Å². The van der Waals surface area contributed by atoms with Crippen LogP contribution in [0.3, 0.4) is 0 Å². The molecule has 0 bridgehead atoms. The van der Waals surface area contributed by atoms with Gasteiger partial charge in [-0.3, -0.25) is 9.59 Å². The van der Waals surface area contributed by atoms with E-state index in [1.54, 1.807) is 20.8 Å². The lowest BCUT2D eigenvalue weighted by molar-refractivity contribution is -0.180. The molecule has 0 amide bonds. The molecule has 1 aliphatic heterocycles. The average Bonchev–Trinajstić information content (AvgIpc) is 2.64. The Morgan fingerprint density at radius 1 is 1.39 bits per heavy atom. The van der Waals surface area contributed by atoms with E-state index in [0.717, 1.165) is 0 Å². The maximum absolute atomic E-state index is 11.5. The Kier molecular flexibility index (Phi) is 4.70. The van der Waals surface area contributed by atoms with Crippen molar-refractivity contribution < 1.29 is 28.5 Å². The summed E-state index contributed by atoms with van der Waals surface area (Å²) >= 11 is 0. The van der Waals surface area contributed by atoms with Crippen molar-refractivity contribution in [3.63, 3.8) is 0 Å². The molecule has 0 aromatic carbocycles. The van der Waals surface area contributed by atoms with Crippen molar-refractivity contribution in [3.05, 3.63) is 0 Å². The van der Waals surface area contributed by atoms with Gasteiger partial charge in [0.15, 0.2) is 5.79 Å². The first-order chi connectivity index (χ1) is 8.26. The van der Waals surface area contributed by atoms with Crippen LogP contribution in [0.1, 0.15) is 27.7 Å². The average molecular weight is 260 g/mol. The molecular weight excluding hydrogens is 240 g/mol. The molecule has 0 aliphatic carbocycles. The van der Waals surface area contributed by atoms with Gasteiger partial charge >= 0.3 is 11.9 Å². The van der Waals surface area contributed by atoms with Gasteiger partial charge in [0.2, 0.25) is 0 Å². The van der Waals surface area contributed by atoms with E-state index in [-0.39, 0.29) is 6.61 Å². The van der Waals surface area contributed by atoms with Gasteiger partial charge in [0.05, 0.1) is 19.6 Å². The van der Waals surface area contributed by atoms with Gasteiger partial charge in [-0.05, 0) is 20.8 Å². The van der Waals surface area contributed by atoms with E-state index in [4.69, 9.17) is 14.2 Å². The first-order valence-electron chi connectivity index (χ1n) is 5.83. The Balaban J connectivity index is 2.79. The fraction of sp³-hybridized carbons (Fsp3) is 0.833. The summed E-state index contributed by atoms with van der Waals surface area (Å²) in [7, 11) is 1.29. The van der Waals surface area contributed by atoms with Crippen molar-refractivity contribution in [1.82, 2.24) is 0 Å². The summed E-state index contributed by atoms with van der Waals surface area (Å²) in [6.07, 6.45) is -1.19. The molecule has 18 heavy (non-hydrogen) atoms. The van der Waals surface area contributed by atoms with E-state index in [9.17, 15) is 9.59 Å². The van der Waals surface area contributed by atoms with Gasteiger partial charge < -0.3 is 18.9 Å². The third-order valence-electron chi connectivity index (χ3n) is 2.76. The van der Waals surface area contributed by atoms with Gasteiger partial charge in [0, 0.05) is 6.92 Å². The number of esters is 2. The van der Waals surface area contributed by atoms with Crippen LogP contribution in [0.4, 0.5) is 0 Å². The molecule has 6 heteroatoms. The quantitative estimate of drug-likeness (QED) is 0.699. The molecule has 0 N–H and O–H groups in total. The maximum Gasteiger partial charge on any atom is 0.312 e. The molecule has 0 aromatic rings. The van der Waals surface area contributed by atoms with Crippen LogP contribution in [0.25, 0.3) is 0 Å². The molecule has 1 aliphatic rings. The van der Waals surface area contributed by atoms with Crippen LogP contribution < -0.4 is 0 Å². The van der Waals surface area contributed by atoms with Gasteiger partial charge in [0.25, 0.3) is 0 Å². The summed E-state index contributed by atoms with van der Waals surface area (Å²) < 4.78 is 20.9. The minimum Gasteiger partial charge on any atom is -0.469 e. The number of carbonyl (C=O) groups excluding carboxylic acids is 2. The van der Waals surface area contributed by atoms with E-state index in [1.165, 1.54) is 14.0 Å². The normalized spacial score (nSPS) is 25.3. The van der Waals surface area contributed by atoms with Crippen LogP contribution in [-0.4, -0.2) is 43.7 Å². The summed E-state index contributed by atoms with van der Waals surface area (Å²) in [4.78, 5) is 22.7. The highest BCUT2D eigenvalue weighted by molar-refractivity contribution is 5.73. The van der Waals surface area contributed by atoms with Gasteiger partial charge in [0.1, 0.15) is 12.2 Å². The summed E-state index contributed by atoms with van der Waals surface area (Å²) in [5.74, 6) is -2.26. The molecule has 3 atom stereocenters. The Bertz CT molecular complexity index is 325. The number of carbonyl (C=O) groups is 2. The lowest BCUT2D eigenvalue weighted by atomic mass is 10.00. The second-order valence-corrected chi connectivity index (χ2v) is 4.75. The lowest BCUT2D eigenvalue weighted by Gasteiger charge is -2.27. The fourth-order valence-electron chi connectivity index (χ4n) is 1.89. The molecule has 1 saturated heterocycles. The number of hydrogen-bond acceptors (Lipinski definition) is 6. The molecule has 0 saturated carbocycles. The number of methoxy groups -OCH3 is 1. The van der Waals surface area contributed by atoms with Crippen molar-refractivity contribution in [2.24, 2.45) is 5.92 Å². The maximum atomic E-state index is 11.5. The molecular formula is C12H20O6. The second kappa shape index (κ2) is 5.67. The largest absolute Gasteiger partial charge is 0.469 e. The van der Waals surface area contributed by atoms with Crippen molar-refractivity contribution in [1.29, 1.82) is 0 Å². The topological polar surface area (TPSA) is 71.1 Å². The first kappa shape index (κ1) is 14.9. The zero-order valence-electron chi connectivity index (χ0n) is 11.4. The summed E-state index contributed by atoms with van der Waals surface area (Å²) in [6, 6.07) is 0. The van der Waals surface area contributed by atoms with Crippen LogP contribution in [-0.2, 0) is 28.5 Å². The first-order valence-corrected chi connectivity index (χ1v) is 5.83. The molecule has 1 rings (SSSR count). The minimum absolute atomic E-state index is 0.270. The third-order valence-corrected chi connectivity index (χ3v) is 2.76. The molecule has 0 spiro atoms. The third kappa shape index (κ3) is 3.68.